The number of fused-ring (bicyclic) bond motifs is 1. The van der Waals surface area contributed by atoms with Crippen molar-refractivity contribution in [1.82, 2.24) is 14.8 Å². The Hall–Kier alpha value is -4.21. The van der Waals surface area contributed by atoms with Crippen LogP contribution < -0.4 is 4.74 Å². The number of hydrogen-bond donors (Lipinski definition) is 0. The van der Waals surface area contributed by atoms with Crippen LogP contribution in [0.3, 0.4) is 0 Å². The molecule has 0 radical (unpaired) electrons. The molecule has 5 aromatic rings. The number of benzene rings is 3. The van der Waals surface area contributed by atoms with Crippen LogP contribution in [0.1, 0.15) is 35.9 Å². The van der Waals surface area contributed by atoms with Crippen LogP contribution in [0.4, 0.5) is 0 Å². The topological polar surface area (TPSA) is 63.7 Å². The number of aromatic nitrogens is 3. The maximum atomic E-state index is 10.0. The number of thiazole rings is 1. The zero-order valence-corrected chi connectivity index (χ0v) is 21.1. The van der Waals surface area contributed by atoms with Crippen molar-refractivity contribution in [3.8, 4) is 28.8 Å². The second-order valence-corrected chi connectivity index (χ2v) is 9.58. The fraction of sp³-hybridized carbons (Fsp3) is 0.167. The number of nitriles is 1. The third-order valence-corrected chi connectivity index (χ3v) is 7.00. The molecule has 0 aliphatic rings. The zero-order chi connectivity index (χ0) is 24.9. The summed E-state index contributed by atoms with van der Waals surface area (Å²) >= 11 is 1.52. The van der Waals surface area contributed by atoms with Gasteiger partial charge in [0.05, 0.1) is 28.1 Å². The highest BCUT2D eigenvalue weighted by molar-refractivity contribution is 7.19. The Morgan fingerprint density at radius 1 is 1.08 bits per heavy atom. The number of nitrogens with zero attached hydrogens (tertiary/aromatic N) is 4. The van der Waals surface area contributed by atoms with Crippen LogP contribution in [0.25, 0.3) is 38.8 Å². The van der Waals surface area contributed by atoms with Gasteiger partial charge in [-0.05, 0) is 67.4 Å². The zero-order valence-electron chi connectivity index (χ0n) is 20.3. The minimum Gasteiger partial charge on any atom is -0.494 e. The molecule has 2 heterocycles. The maximum Gasteiger partial charge on any atom is 0.135 e. The molecular formula is C30H26N4OS. The molecule has 0 aliphatic carbocycles. The fourth-order valence-corrected chi connectivity index (χ4v) is 4.96. The molecule has 0 bridgehead atoms. The number of unbranched alkanes of at least 4 members (excludes halogenated alkanes) is 1. The number of hydrogen-bond acceptors (Lipinski definition) is 5. The van der Waals surface area contributed by atoms with Gasteiger partial charge >= 0.3 is 0 Å². The molecular weight excluding hydrogens is 464 g/mol. The molecule has 0 unspecified atom stereocenters. The van der Waals surface area contributed by atoms with Gasteiger partial charge in [0.15, 0.2) is 0 Å². The summed E-state index contributed by atoms with van der Waals surface area (Å²) in [6.45, 7) is 4.93. The predicted molar refractivity (Wildman–Crippen MR) is 147 cm³/mol. The molecule has 5 rings (SSSR count). The van der Waals surface area contributed by atoms with Crippen molar-refractivity contribution in [2.24, 2.45) is 0 Å². The van der Waals surface area contributed by atoms with E-state index in [1.807, 2.05) is 77.6 Å². The molecule has 2 aromatic heterocycles. The SMILES string of the molecule is CCCCOc1ccc(-c2nn(-c3ccccc3)cc2C=C(C#N)c2nc3ccccc3s2)c(C)c1. The van der Waals surface area contributed by atoms with E-state index < -0.39 is 0 Å². The molecule has 0 fully saturated rings. The molecule has 0 saturated carbocycles. The first-order chi connectivity index (χ1) is 17.7. The van der Waals surface area contributed by atoms with E-state index in [-0.39, 0.29) is 0 Å². The highest BCUT2D eigenvalue weighted by Crippen LogP contribution is 2.33. The van der Waals surface area contributed by atoms with Gasteiger partial charge in [-0.2, -0.15) is 10.4 Å². The summed E-state index contributed by atoms with van der Waals surface area (Å²) in [4.78, 5) is 4.70. The van der Waals surface area contributed by atoms with E-state index >= 15 is 0 Å². The normalized spacial score (nSPS) is 11.5. The van der Waals surface area contributed by atoms with Gasteiger partial charge in [0.25, 0.3) is 0 Å². The first kappa shape index (κ1) is 23.5. The molecule has 0 atom stereocenters. The van der Waals surface area contributed by atoms with E-state index in [4.69, 9.17) is 14.8 Å². The Morgan fingerprint density at radius 2 is 1.89 bits per heavy atom. The van der Waals surface area contributed by atoms with Crippen molar-refractivity contribution in [1.29, 1.82) is 5.26 Å². The van der Waals surface area contributed by atoms with Gasteiger partial charge in [-0.25, -0.2) is 9.67 Å². The first-order valence-corrected chi connectivity index (χ1v) is 12.8. The smallest absolute Gasteiger partial charge is 0.135 e. The Kier molecular flexibility index (Phi) is 6.92. The van der Waals surface area contributed by atoms with E-state index in [1.165, 1.54) is 11.3 Å². The highest BCUT2D eigenvalue weighted by atomic mass is 32.1. The Bertz CT molecular complexity index is 1540. The van der Waals surface area contributed by atoms with Crippen LogP contribution >= 0.6 is 11.3 Å². The molecule has 0 amide bonds. The van der Waals surface area contributed by atoms with Crippen molar-refractivity contribution in [3.63, 3.8) is 0 Å². The summed E-state index contributed by atoms with van der Waals surface area (Å²) in [6.07, 6.45) is 5.99. The summed E-state index contributed by atoms with van der Waals surface area (Å²) in [5.74, 6) is 0.858. The molecule has 178 valence electrons. The molecule has 0 spiro atoms. The minimum atomic E-state index is 0.516. The van der Waals surface area contributed by atoms with Crippen LogP contribution in [0.5, 0.6) is 5.75 Å². The molecule has 3 aromatic carbocycles. The fourth-order valence-electron chi connectivity index (χ4n) is 4.03. The molecule has 6 heteroatoms. The Labute approximate surface area is 214 Å². The van der Waals surface area contributed by atoms with Gasteiger partial charge in [0.1, 0.15) is 22.5 Å². The molecule has 0 aliphatic heterocycles. The third-order valence-electron chi connectivity index (χ3n) is 5.93. The maximum absolute atomic E-state index is 10.0. The van der Waals surface area contributed by atoms with E-state index in [9.17, 15) is 5.26 Å². The van der Waals surface area contributed by atoms with Gasteiger partial charge in [-0.15, -0.1) is 11.3 Å². The molecule has 0 N–H and O–H groups in total. The lowest BCUT2D eigenvalue weighted by molar-refractivity contribution is 0.309. The summed E-state index contributed by atoms with van der Waals surface area (Å²) in [5.41, 5.74) is 6.10. The van der Waals surface area contributed by atoms with Gasteiger partial charge in [0.2, 0.25) is 0 Å². The second kappa shape index (κ2) is 10.6. The monoisotopic (exact) mass is 490 g/mol. The molecule has 0 saturated heterocycles. The van der Waals surface area contributed by atoms with E-state index in [1.54, 1.807) is 0 Å². The summed E-state index contributed by atoms with van der Waals surface area (Å²) in [5, 5.41) is 15.7. The quantitative estimate of drug-likeness (QED) is 0.165. The Balaban J connectivity index is 1.60. The summed E-state index contributed by atoms with van der Waals surface area (Å²) in [6, 6.07) is 26.4. The molecule has 5 nitrogen and oxygen atoms in total. The third kappa shape index (κ3) is 4.93. The number of aryl methyl sites for hydroxylation is 1. The van der Waals surface area contributed by atoms with Crippen molar-refractivity contribution in [2.45, 2.75) is 26.7 Å². The minimum absolute atomic E-state index is 0.516. The van der Waals surface area contributed by atoms with Crippen LogP contribution in [0, 0.1) is 18.3 Å². The summed E-state index contributed by atoms with van der Waals surface area (Å²) in [7, 11) is 0. The largest absolute Gasteiger partial charge is 0.494 e. The van der Waals surface area contributed by atoms with E-state index in [2.05, 4.69) is 32.0 Å². The van der Waals surface area contributed by atoms with Crippen LogP contribution in [-0.2, 0) is 0 Å². The van der Waals surface area contributed by atoms with Gasteiger partial charge < -0.3 is 4.74 Å². The van der Waals surface area contributed by atoms with Gasteiger partial charge in [-0.1, -0.05) is 43.7 Å². The average molecular weight is 491 g/mol. The van der Waals surface area contributed by atoms with E-state index in [0.29, 0.717) is 17.2 Å². The van der Waals surface area contributed by atoms with Crippen LogP contribution in [0.2, 0.25) is 0 Å². The Morgan fingerprint density at radius 3 is 2.64 bits per heavy atom. The average Bonchev–Trinajstić information content (AvgIpc) is 3.52. The van der Waals surface area contributed by atoms with Crippen molar-refractivity contribution in [2.75, 3.05) is 6.61 Å². The van der Waals surface area contributed by atoms with E-state index in [0.717, 1.165) is 56.9 Å². The van der Waals surface area contributed by atoms with Crippen LogP contribution in [-0.4, -0.2) is 21.4 Å². The van der Waals surface area contributed by atoms with Crippen LogP contribution in [0.15, 0.2) is 79.0 Å². The van der Waals surface area contributed by atoms with Gasteiger partial charge in [0, 0.05) is 17.3 Å². The van der Waals surface area contributed by atoms with Crippen molar-refractivity contribution in [3.05, 3.63) is 95.1 Å². The number of allylic oxidation sites excluding steroid dienone is 1. The predicted octanol–water partition coefficient (Wildman–Crippen LogP) is 7.70. The molecule has 36 heavy (non-hydrogen) atoms. The lowest BCUT2D eigenvalue weighted by Crippen LogP contribution is -1.98. The first-order valence-electron chi connectivity index (χ1n) is 12.0. The summed E-state index contributed by atoms with van der Waals surface area (Å²) < 4.78 is 8.82. The lowest BCUT2D eigenvalue weighted by Gasteiger charge is -2.09. The lowest BCUT2D eigenvalue weighted by atomic mass is 10.0. The van der Waals surface area contributed by atoms with Crippen molar-refractivity contribution < 1.29 is 4.74 Å². The van der Waals surface area contributed by atoms with Crippen molar-refractivity contribution >= 4 is 33.2 Å². The number of para-hydroxylation sites is 2. The second-order valence-electron chi connectivity index (χ2n) is 8.55. The standard InChI is InChI=1S/C30H26N4OS/c1-3-4-16-35-25-14-15-26(21(2)17-25)29-23(20-34(33-29)24-10-6-5-7-11-24)18-22(19-31)30-32-27-12-8-9-13-28(27)36-30/h5-15,17-18,20H,3-4,16H2,1-2H3. The highest BCUT2D eigenvalue weighted by Gasteiger charge is 2.16. The number of rotatable bonds is 8. The number of ether oxygens (including phenoxy) is 1. The van der Waals surface area contributed by atoms with Gasteiger partial charge in [-0.3, -0.25) is 0 Å².